The van der Waals surface area contributed by atoms with E-state index in [2.05, 4.69) is 20.7 Å². The molecule has 2 aromatic carbocycles. The average molecular weight is 410 g/mol. The maximum atomic E-state index is 12.5. The summed E-state index contributed by atoms with van der Waals surface area (Å²) < 4.78 is 27.7. The van der Waals surface area contributed by atoms with Crippen LogP contribution in [0.4, 0.5) is 11.4 Å². The first kappa shape index (κ1) is 16.4. The first-order valence-electron chi connectivity index (χ1n) is 5.75. The fraction of sp³-hybridized carbons (Fsp3) is 0.0769. The lowest BCUT2D eigenvalue weighted by Crippen LogP contribution is -2.15. The van der Waals surface area contributed by atoms with Crippen molar-refractivity contribution >= 4 is 60.5 Å². The Kier molecular flexibility index (Phi) is 4.72. The quantitative estimate of drug-likeness (QED) is 0.735. The van der Waals surface area contributed by atoms with E-state index in [0.29, 0.717) is 16.3 Å². The van der Waals surface area contributed by atoms with Crippen LogP contribution in [0.5, 0.6) is 0 Å². The molecule has 0 bridgehead atoms. The van der Waals surface area contributed by atoms with Crippen molar-refractivity contribution in [3.63, 3.8) is 0 Å². The van der Waals surface area contributed by atoms with E-state index in [1.165, 1.54) is 12.1 Å². The van der Waals surface area contributed by atoms with Gasteiger partial charge in [0, 0.05) is 15.7 Å². The second-order valence-corrected chi connectivity index (χ2v) is 7.61. The fourth-order valence-corrected chi connectivity index (χ4v) is 4.29. The monoisotopic (exact) mass is 408 g/mol. The average Bonchev–Trinajstić information content (AvgIpc) is 2.39. The molecule has 0 aliphatic rings. The Hall–Kier alpha value is -0.950. The third kappa shape index (κ3) is 3.45. The zero-order valence-electron chi connectivity index (χ0n) is 10.8. The highest BCUT2D eigenvalue weighted by atomic mass is 79.9. The Bertz CT molecular complexity index is 810. The van der Waals surface area contributed by atoms with E-state index in [-0.39, 0.29) is 20.1 Å². The van der Waals surface area contributed by atoms with E-state index >= 15 is 0 Å². The number of rotatable bonds is 3. The van der Waals surface area contributed by atoms with Crippen molar-refractivity contribution in [2.45, 2.75) is 11.8 Å². The normalized spacial score (nSPS) is 11.4. The molecule has 0 amide bonds. The zero-order chi connectivity index (χ0) is 15.8. The minimum absolute atomic E-state index is 0.0353. The summed E-state index contributed by atoms with van der Waals surface area (Å²) in [6, 6.07) is 7.76. The Morgan fingerprint density at radius 1 is 1.24 bits per heavy atom. The van der Waals surface area contributed by atoms with Crippen LogP contribution in [0.2, 0.25) is 10.0 Å². The standard InChI is InChI=1S/C13H11BrCl2N2O2S/c1-7-9(16)3-2-4-11(7)18-21(19,20)12-6-8(15)5-10(17)13(12)14/h2-6,18H,17H2,1H3. The lowest BCUT2D eigenvalue weighted by atomic mass is 10.2. The number of halogens is 3. The Balaban J connectivity index is 2.51. The van der Waals surface area contributed by atoms with E-state index in [1.807, 2.05) is 0 Å². The third-order valence-electron chi connectivity index (χ3n) is 2.83. The molecule has 0 aliphatic heterocycles. The predicted octanol–water partition coefficient (Wildman–Crippen LogP) is 4.45. The predicted molar refractivity (Wildman–Crippen MR) is 90.6 cm³/mol. The molecule has 21 heavy (non-hydrogen) atoms. The number of hydrogen-bond acceptors (Lipinski definition) is 3. The summed E-state index contributed by atoms with van der Waals surface area (Å²) in [4.78, 5) is -0.0353. The molecule has 4 nitrogen and oxygen atoms in total. The van der Waals surface area contributed by atoms with Gasteiger partial charge in [0.15, 0.2) is 0 Å². The summed E-state index contributed by atoms with van der Waals surface area (Å²) in [5.74, 6) is 0. The lowest BCUT2D eigenvalue weighted by molar-refractivity contribution is 0.601. The molecule has 0 unspecified atom stereocenters. The molecule has 0 fully saturated rings. The molecule has 0 aliphatic carbocycles. The summed E-state index contributed by atoms with van der Waals surface area (Å²) in [7, 11) is -3.85. The molecule has 0 radical (unpaired) electrons. The largest absolute Gasteiger partial charge is 0.398 e. The van der Waals surface area contributed by atoms with E-state index in [1.54, 1.807) is 25.1 Å². The minimum Gasteiger partial charge on any atom is -0.398 e. The smallest absolute Gasteiger partial charge is 0.263 e. The molecular weight excluding hydrogens is 399 g/mol. The van der Waals surface area contributed by atoms with Crippen molar-refractivity contribution in [1.29, 1.82) is 0 Å². The molecule has 3 N–H and O–H groups in total. The number of sulfonamides is 1. The van der Waals surface area contributed by atoms with Gasteiger partial charge in [-0.15, -0.1) is 0 Å². The molecule has 0 heterocycles. The van der Waals surface area contributed by atoms with Crippen molar-refractivity contribution in [2.24, 2.45) is 0 Å². The third-order valence-corrected chi connectivity index (χ3v) is 6.00. The zero-order valence-corrected chi connectivity index (χ0v) is 14.7. The van der Waals surface area contributed by atoms with Crippen LogP contribution in [0, 0.1) is 6.92 Å². The number of nitrogen functional groups attached to an aromatic ring is 1. The molecule has 8 heteroatoms. The van der Waals surface area contributed by atoms with Crippen LogP contribution in [0.15, 0.2) is 39.7 Å². The summed E-state index contributed by atoms with van der Waals surface area (Å²) in [5, 5.41) is 0.707. The van der Waals surface area contributed by atoms with E-state index in [0.717, 1.165) is 0 Å². The second-order valence-electron chi connectivity index (χ2n) is 4.33. The number of nitrogens with two attached hydrogens (primary N) is 1. The van der Waals surface area contributed by atoms with Crippen LogP contribution >= 0.6 is 39.1 Å². The molecular formula is C13H11BrCl2N2O2S. The second kappa shape index (κ2) is 6.04. The van der Waals surface area contributed by atoms with Crippen molar-refractivity contribution in [1.82, 2.24) is 0 Å². The summed E-state index contributed by atoms with van der Waals surface area (Å²) in [6.07, 6.45) is 0. The van der Waals surface area contributed by atoms with Crippen molar-refractivity contribution in [3.05, 3.63) is 50.4 Å². The fourth-order valence-electron chi connectivity index (χ4n) is 1.70. The minimum atomic E-state index is -3.85. The summed E-state index contributed by atoms with van der Waals surface area (Å²) in [5.41, 5.74) is 6.99. The van der Waals surface area contributed by atoms with Crippen LogP contribution in [0.3, 0.4) is 0 Å². The van der Waals surface area contributed by atoms with Gasteiger partial charge in [-0.1, -0.05) is 29.3 Å². The maximum absolute atomic E-state index is 12.5. The van der Waals surface area contributed by atoms with Crippen LogP contribution in [-0.4, -0.2) is 8.42 Å². The van der Waals surface area contributed by atoms with Gasteiger partial charge in [0.05, 0.1) is 10.2 Å². The molecule has 0 atom stereocenters. The van der Waals surface area contributed by atoms with Gasteiger partial charge in [-0.2, -0.15) is 0 Å². The number of hydrogen-bond donors (Lipinski definition) is 2. The first-order valence-corrected chi connectivity index (χ1v) is 8.78. The molecule has 2 aromatic rings. The van der Waals surface area contributed by atoms with Crippen LogP contribution in [0.25, 0.3) is 0 Å². The van der Waals surface area contributed by atoms with Crippen molar-refractivity contribution in [3.8, 4) is 0 Å². The van der Waals surface area contributed by atoms with Gasteiger partial charge < -0.3 is 5.73 Å². The molecule has 0 saturated heterocycles. The maximum Gasteiger partial charge on any atom is 0.263 e. The van der Waals surface area contributed by atoms with Gasteiger partial charge in [-0.05, 0) is 52.7 Å². The van der Waals surface area contributed by atoms with Crippen LogP contribution < -0.4 is 10.5 Å². The van der Waals surface area contributed by atoms with Gasteiger partial charge in [0.1, 0.15) is 4.90 Å². The van der Waals surface area contributed by atoms with Gasteiger partial charge in [0.2, 0.25) is 0 Å². The van der Waals surface area contributed by atoms with Gasteiger partial charge in [-0.25, -0.2) is 8.42 Å². The first-order chi connectivity index (χ1) is 9.72. The van der Waals surface area contributed by atoms with E-state index in [4.69, 9.17) is 28.9 Å². The highest BCUT2D eigenvalue weighted by molar-refractivity contribution is 9.10. The van der Waals surface area contributed by atoms with Crippen molar-refractivity contribution < 1.29 is 8.42 Å². The highest BCUT2D eigenvalue weighted by Gasteiger charge is 2.21. The lowest BCUT2D eigenvalue weighted by Gasteiger charge is -2.13. The Morgan fingerprint density at radius 2 is 1.90 bits per heavy atom. The molecule has 0 saturated carbocycles. The molecule has 2 rings (SSSR count). The van der Waals surface area contributed by atoms with E-state index < -0.39 is 10.0 Å². The van der Waals surface area contributed by atoms with Crippen LogP contribution in [-0.2, 0) is 10.0 Å². The molecule has 0 aromatic heterocycles. The molecule has 0 spiro atoms. The SMILES string of the molecule is Cc1c(Cl)cccc1NS(=O)(=O)c1cc(Cl)cc(N)c1Br. The Morgan fingerprint density at radius 3 is 2.57 bits per heavy atom. The number of anilines is 2. The number of nitrogens with one attached hydrogen (secondary N) is 1. The number of benzene rings is 2. The van der Waals surface area contributed by atoms with Gasteiger partial charge >= 0.3 is 0 Å². The van der Waals surface area contributed by atoms with Crippen LogP contribution in [0.1, 0.15) is 5.56 Å². The highest BCUT2D eigenvalue weighted by Crippen LogP contribution is 2.33. The Labute approximate surface area is 141 Å². The van der Waals surface area contributed by atoms with Gasteiger partial charge in [-0.3, -0.25) is 4.72 Å². The van der Waals surface area contributed by atoms with Crippen molar-refractivity contribution in [2.75, 3.05) is 10.5 Å². The summed E-state index contributed by atoms with van der Waals surface area (Å²) in [6.45, 7) is 1.72. The summed E-state index contributed by atoms with van der Waals surface area (Å²) >= 11 is 15.0. The van der Waals surface area contributed by atoms with E-state index in [9.17, 15) is 8.42 Å². The molecule has 112 valence electrons. The van der Waals surface area contributed by atoms with Gasteiger partial charge in [0.25, 0.3) is 10.0 Å². The topological polar surface area (TPSA) is 72.2 Å².